The number of hydrogen-bond donors (Lipinski definition) is 1. The highest BCUT2D eigenvalue weighted by molar-refractivity contribution is 5.54. The maximum Gasteiger partial charge on any atom is 0.203 e. The Hall–Kier alpha value is -1.42. The Morgan fingerprint density at radius 2 is 1.67 bits per heavy atom. The van der Waals surface area contributed by atoms with Gasteiger partial charge >= 0.3 is 0 Å². The van der Waals surface area contributed by atoms with Gasteiger partial charge in [0.2, 0.25) is 5.75 Å². The molecule has 4 nitrogen and oxygen atoms in total. The van der Waals surface area contributed by atoms with Gasteiger partial charge in [-0.25, -0.2) is 0 Å². The maximum atomic E-state index is 6.22. The molecular formula is C14H21NO3. The lowest BCUT2D eigenvalue weighted by Gasteiger charge is -2.17. The summed E-state index contributed by atoms with van der Waals surface area (Å²) in [4.78, 5) is 0. The van der Waals surface area contributed by atoms with Gasteiger partial charge < -0.3 is 19.9 Å². The van der Waals surface area contributed by atoms with Crippen LogP contribution in [-0.2, 0) is 0 Å². The van der Waals surface area contributed by atoms with Crippen molar-refractivity contribution >= 4 is 0 Å². The first-order valence-electron chi connectivity index (χ1n) is 6.25. The van der Waals surface area contributed by atoms with Gasteiger partial charge in [-0.2, -0.15) is 0 Å². The zero-order valence-corrected chi connectivity index (χ0v) is 11.2. The lowest BCUT2D eigenvalue weighted by atomic mass is 10.0. The monoisotopic (exact) mass is 251 g/mol. The average Bonchev–Trinajstić information content (AvgIpc) is 3.20. The number of ether oxygens (including phenoxy) is 3. The number of benzene rings is 1. The van der Waals surface area contributed by atoms with Crippen molar-refractivity contribution in [1.29, 1.82) is 0 Å². The molecular weight excluding hydrogens is 230 g/mol. The summed E-state index contributed by atoms with van der Waals surface area (Å²) in [6.07, 6.45) is 3.63. The molecule has 1 atom stereocenters. The molecule has 2 N–H and O–H groups in total. The molecule has 1 unspecified atom stereocenters. The summed E-state index contributed by atoms with van der Waals surface area (Å²) < 4.78 is 16.0. The molecule has 0 amide bonds. The van der Waals surface area contributed by atoms with Crippen LogP contribution in [-0.4, -0.2) is 21.3 Å². The number of methoxy groups -OCH3 is 3. The van der Waals surface area contributed by atoms with Crippen LogP contribution in [0, 0.1) is 5.92 Å². The molecule has 1 aromatic carbocycles. The van der Waals surface area contributed by atoms with Crippen LogP contribution in [0.5, 0.6) is 17.2 Å². The molecule has 0 aliphatic heterocycles. The Balaban J connectivity index is 2.29. The second kappa shape index (κ2) is 5.48. The minimum atomic E-state index is 0.0335. The highest BCUT2D eigenvalue weighted by Crippen LogP contribution is 2.42. The predicted octanol–water partition coefficient (Wildman–Crippen LogP) is 2.51. The Labute approximate surface area is 108 Å². The molecule has 1 aliphatic rings. The van der Waals surface area contributed by atoms with Crippen LogP contribution in [0.2, 0.25) is 0 Å². The third kappa shape index (κ3) is 2.70. The lowest BCUT2D eigenvalue weighted by molar-refractivity contribution is 0.323. The minimum Gasteiger partial charge on any atom is -0.493 e. The van der Waals surface area contributed by atoms with Crippen molar-refractivity contribution in [2.75, 3.05) is 21.3 Å². The summed E-state index contributed by atoms with van der Waals surface area (Å²) in [7, 11) is 4.84. The predicted molar refractivity (Wildman–Crippen MR) is 70.4 cm³/mol. The van der Waals surface area contributed by atoms with Gasteiger partial charge in [0, 0.05) is 6.04 Å². The van der Waals surface area contributed by atoms with E-state index in [-0.39, 0.29) is 6.04 Å². The highest BCUT2D eigenvalue weighted by Gasteiger charge is 2.25. The van der Waals surface area contributed by atoms with Crippen LogP contribution in [0.4, 0.5) is 0 Å². The fourth-order valence-electron chi connectivity index (χ4n) is 2.16. The molecule has 0 spiro atoms. The van der Waals surface area contributed by atoms with E-state index < -0.39 is 0 Å². The quantitative estimate of drug-likeness (QED) is 0.844. The standard InChI is InChI=1S/C14H21NO3/c1-16-12-7-10(11(15)6-9-4-5-9)8-13(17-2)14(12)18-3/h7-9,11H,4-6,15H2,1-3H3. The van der Waals surface area contributed by atoms with Crippen molar-refractivity contribution in [3.05, 3.63) is 17.7 Å². The van der Waals surface area contributed by atoms with Crippen LogP contribution in [0.25, 0.3) is 0 Å². The molecule has 100 valence electrons. The second-order valence-electron chi connectivity index (χ2n) is 4.74. The van der Waals surface area contributed by atoms with Crippen molar-refractivity contribution in [1.82, 2.24) is 0 Å². The van der Waals surface area contributed by atoms with Crippen molar-refractivity contribution < 1.29 is 14.2 Å². The minimum absolute atomic E-state index is 0.0335. The van der Waals surface area contributed by atoms with Crippen LogP contribution in [0.1, 0.15) is 30.9 Å². The zero-order chi connectivity index (χ0) is 13.1. The molecule has 0 heterocycles. The molecule has 0 aromatic heterocycles. The molecule has 0 saturated heterocycles. The Morgan fingerprint density at radius 3 is 2.06 bits per heavy atom. The fraction of sp³-hybridized carbons (Fsp3) is 0.571. The summed E-state index contributed by atoms with van der Waals surface area (Å²) in [6.45, 7) is 0. The van der Waals surface area contributed by atoms with Crippen LogP contribution >= 0.6 is 0 Å². The van der Waals surface area contributed by atoms with Gasteiger partial charge in [-0.05, 0) is 30.0 Å². The Kier molecular flexibility index (Phi) is 3.97. The number of hydrogen-bond acceptors (Lipinski definition) is 4. The van der Waals surface area contributed by atoms with E-state index in [1.165, 1.54) is 12.8 Å². The molecule has 18 heavy (non-hydrogen) atoms. The van der Waals surface area contributed by atoms with Gasteiger partial charge in [-0.1, -0.05) is 12.8 Å². The van der Waals surface area contributed by atoms with E-state index >= 15 is 0 Å². The van der Waals surface area contributed by atoms with Crippen molar-refractivity contribution in [2.24, 2.45) is 11.7 Å². The topological polar surface area (TPSA) is 53.7 Å². The highest BCUT2D eigenvalue weighted by atomic mass is 16.5. The average molecular weight is 251 g/mol. The first-order chi connectivity index (χ1) is 8.69. The van der Waals surface area contributed by atoms with Gasteiger partial charge in [0.1, 0.15) is 0 Å². The van der Waals surface area contributed by atoms with Crippen LogP contribution < -0.4 is 19.9 Å². The summed E-state index contributed by atoms with van der Waals surface area (Å²) in [5, 5.41) is 0. The van der Waals surface area contributed by atoms with Crippen LogP contribution in [0.3, 0.4) is 0 Å². The van der Waals surface area contributed by atoms with E-state index in [1.54, 1.807) is 21.3 Å². The van der Waals surface area contributed by atoms with E-state index in [4.69, 9.17) is 19.9 Å². The maximum absolute atomic E-state index is 6.22. The largest absolute Gasteiger partial charge is 0.493 e. The SMILES string of the molecule is COc1cc(C(N)CC2CC2)cc(OC)c1OC. The van der Waals surface area contributed by atoms with Gasteiger partial charge in [0.15, 0.2) is 11.5 Å². The van der Waals surface area contributed by atoms with Gasteiger partial charge in [0.25, 0.3) is 0 Å². The first-order valence-corrected chi connectivity index (χ1v) is 6.25. The normalized spacial score (nSPS) is 16.2. The Bertz CT molecular complexity index is 390. The molecule has 1 saturated carbocycles. The van der Waals surface area contributed by atoms with Gasteiger partial charge in [0.05, 0.1) is 21.3 Å². The van der Waals surface area contributed by atoms with E-state index in [0.717, 1.165) is 17.9 Å². The van der Waals surface area contributed by atoms with E-state index in [1.807, 2.05) is 12.1 Å². The Morgan fingerprint density at radius 1 is 1.11 bits per heavy atom. The third-order valence-electron chi connectivity index (χ3n) is 3.40. The summed E-state index contributed by atoms with van der Waals surface area (Å²) in [5.74, 6) is 2.73. The smallest absolute Gasteiger partial charge is 0.203 e. The van der Waals surface area contributed by atoms with Crippen molar-refractivity contribution in [3.63, 3.8) is 0 Å². The molecule has 2 rings (SSSR count). The van der Waals surface area contributed by atoms with Gasteiger partial charge in [-0.3, -0.25) is 0 Å². The first kappa shape index (κ1) is 13.0. The lowest BCUT2D eigenvalue weighted by Crippen LogP contribution is -2.11. The van der Waals surface area contributed by atoms with Gasteiger partial charge in [-0.15, -0.1) is 0 Å². The fourth-order valence-corrected chi connectivity index (χ4v) is 2.16. The summed E-state index contributed by atoms with van der Waals surface area (Å²) >= 11 is 0. The third-order valence-corrected chi connectivity index (χ3v) is 3.40. The molecule has 1 fully saturated rings. The number of nitrogens with two attached hydrogens (primary N) is 1. The van der Waals surface area contributed by atoms with Crippen molar-refractivity contribution in [3.8, 4) is 17.2 Å². The van der Waals surface area contributed by atoms with Crippen LogP contribution in [0.15, 0.2) is 12.1 Å². The summed E-state index contributed by atoms with van der Waals surface area (Å²) in [6, 6.07) is 3.91. The molecule has 0 bridgehead atoms. The molecule has 4 heteroatoms. The second-order valence-corrected chi connectivity index (χ2v) is 4.74. The van der Waals surface area contributed by atoms with E-state index in [9.17, 15) is 0 Å². The molecule has 1 aromatic rings. The molecule has 1 aliphatic carbocycles. The van der Waals surface area contributed by atoms with Crippen molar-refractivity contribution in [2.45, 2.75) is 25.3 Å². The number of rotatable bonds is 6. The summed E-state index contributed by atoms with van der Waals surface area (Å²) in [5.41, 5.74) is 7.26. The van der Waals surface area contributed by atoms with E-state index in [0.29, 0.717) is 17.2 Å². The zero-order valence-electron chi connectivity index (χ0n) is 11.2. The molecule has 0 radical (unpaired) electrons. The van der Waals surface area contributed by atoms with E-state index in [2.05, 4.69) is 0 Å².